The van der Waals surface area contributed by atoms with Crippen molar-refractivity contribution in [2.24, 2.45) is 23.7 Å². The topological polar surface area (TPSA) is 58.6 Å². The van der Waals surface area contributed by atoms with Gasteiger partial charge in [-0.3, -0.25) is 4.79 Å². The van der Waals surface area contributed by atoms with Crippen LogP contribution in [-0.2, 0) is 9.53 Å². The second-order valence-electron chi connectivity index (χ2n) is 8.67. The summed E-state index contributed by atoms with van der Waals surface area (Å²) in [5.41, 5.74) is 0.0443. The molecule has 4 bridgehead atoms. The molecule has 1 aliphatic heterocycles. The van der Waals surface area contributed by atoms with Crippen LogP contribution in [0.1, 0.15) is 58.3 Å². The van der Waals surface area contributed by atoms with Crippen LogP contribution in [0, 0.1) is 23.7 Å². The molecular weight excluding hydrogens is 304 g/mol. The van der Waals surface area contributed by atoms with E-state index in [1.807, 2.05) is 11.8 Å². The highest BCUT2D eigenvalue weighted by Gasteiger charge is 2.52. The zero-order valence-corrected chi connectivity index (χ0v) is 14.8. The minimum atomic E-state index is -0.152. The van der Waals surface area contributed by atoms with Crippen molar-refractivity contribution < 1.29 is 14.3 Å². The van der Waals surface area contributed by atoms with Gasteiger partial charge in [0.1, 0.15) is 0 Å². The summed E-state index contributed by atoms with van der Waals surface area (Å²) in [7, 11) is 0. The molecule has 0 spiro atoms. The van der Waals surface area contributed by atoms with Gasteiger partial charge in [0.25, 0.3) is 0 Å². The van der Waals surface area contributed by atoms with Crippen molar-refractivity contribution in [3.05, 3.63) is 0 Å². The Hall–Kier alpha value is -1.26. The third-order valence-electron chi connectivity index (χ3n) is 6.74. The number of carbonyl (C=O) groups is 2. The summed E-state index contributed by atoms with van der Waals surface area (Å²) in [6.45, 7) is 3.51. The first kappa shape index (κ1) is 16.2. The molecule has 1 saturated heterocycles. The number of carbonyl (C=O) groups excluding carboxylic acids is 2. The van der Waals surface area contributed by atoms with Crippen molar-refractivity contribution in [3.8, 4) is 0 Å². The lowest BCUT2D eigenvalue weighted by Crippen LogP contribution is -2.62. The van der Waals surface area contributed by atoms with E-state index < -0.39 is 0 Å². The Morgan fingerprint density at radius 1 is 1.12 bits per heavy atom. The van der Waals surface area contributed by atoms with Crippen molar-refractivity contribution in [3.63, 3.8) is 0 Å². The van der Waals surface area contributed by atoms with Gasteiger partial charge in [0.15, 0.2) is 0 Å². The van der Waals surface area contributed by atoms with Crippen molar-refractivity contribution in [2.45, 2.75) is 63.8 Å². The number of hydrogen-bond acceptors (Lipinski definition) is 3. The molecule has 1 heterocycles. The lowest BCUT2D eigenvalue weighted by molar-refractivity contribution is -0.149. The van der Waals surface area contributed by atoms with E-state index in [1.165, 1.54) is 38.5 Å². The monoisotopic (exact) mass is 334 g/mol. The van der Waals surface area contributed by atoms with E-state index in [-0.39, 0.29) is 23.5 Å². The Labute approximate surface area is 144 Å². The van der Waals surface area contributed by atoms with Crippen molar-refractivity contribution in [2.75, 3.05) is 19.7 Å². The maximum atomic E-state index is 12.9. The molecule has 0 aromatic carbocycles. The van der Waals surface area contributed by atoms with Crippen LogP contribution >= 0.6 is 0 Å². The number of urea groups is 1. The van der Waals surface area contributed by atoms with Crippen LogP contribution in [0.15, 0.2) is 0 Å². The molecule has 24 heavy (non-hydrogen) atoms. The van der Waals surface area contributed by atoms with Gasteiger partial charge in [-0.25, -0.2) is 4.79 Å². The van der Waals surface area contributed by atoms with Crippen LogP contribution in [0.5, 0.6) is 0 Å². The molecule has 0 aromatic rings. The predicted molar refractivity (Wildman–Crippen MR) is 90.4 cm³/mol. The van der Waals surface area contributed by atoms with Gasteiger partial charge in [0.2, 0.25) is 0 Å². The summed E-state index contributed by atoms with van der Waals surface area (Å²) in [5, 5.41) is 3.42. The fourth-order valence-electron chi connectivity index (χ4n) is 6.18. The summed E-state index contributed by atoms with van der Waals surface area (Å²) in [4.78, 5) is 26.7. The summed E-state index contributed by atoms with van der Waals surface area (Å²) in [6.07, 6.45) is 9.36. The second kappa shape index (κ2) is 6.23. The third kappa shape index (κ3) is 3.02. The van der Waals surface area contributed by atoms with Crippen LogP contribution in [0.2, 0.25) is 0 Å². The molecule has 1 unspecified atom stereocenters. The summed E-state index contributed by atoms with van der Waals surface area (Å²) in [5.74, 6) is 2.17. The molecule has 4 aliphatic carbocycles. The Morgan fingerprint density at radius 2 is 1.75 bits per heavy atom. The van der Waals surface area contributed by atoms with Crippen LogP contribution in [0.3, 0.4) is 0 Å². The number of rotatable bonds is 3. The Balaban J connectivity index is 1.38. The highest BCUT2D eigenvalue weighted by molar-refractivity contribution is 5.78. The quantitative estimate of drug-likeness (QED) is 0.807. The molecule has 2 amide bonds. The van der Waals surface area contributed by atoms with Crippen molar-refractivity contribution >= 4 is 12.0 Å². The van der Waals surface area contributed by atoms with Crippen molar-refractivity contribution in [1.29, 1.82) is 0 Å². The molecule has 5 aliphatic rings. The standard InChI is InChI=1S/C19H30N2O3/c1-2-24-17(22)16-4-3-5-21(12-16)18(23)20-19-9-13-6-14(10-19)8-15(7-13)11-19/h13-16H,2-12H2,1H3,(H,20,23). The van der Waals surface area contributed by atoms with Crippen LogP contribution < -0.4 is 5.32 Å². The summed E-state index contributed by atoms with van der Waals surface area (Å²) >= 11 is 0. The van der Waals surface area contributed by atoms with Gasteiger partial charge in [-0.2, -0.15) is 0 Å². The third-order valence-corrected chi connectivity index (χ3v) is 6.74. The minimum absolute atomic E-state index is 0.0443. The van der Waals surface area contributed by atoms with Crippen molar-refractivity contribution in [1.82, 2.24) is 10.2 Å². The van der Waals surface area contributed by atoms with E-state index in [1.54, 1.807) is 0 Å². The number of ether oxygens (including phenoxy) is 1. The Kier molecular flexibility index (Phi) is 4.21. The van der Waals surface area contributed by atoms with Crippen LogP contribution in [0.4, 0.5) is 4.79 Å². The van der Waals surface area contributed by atoms with Gasteiger partial charge in [-0.15, -0.1) is 0 Å². The molecular formula is C19H30N2O3. The maximum absolute atomic E-state index is 12.9. The fourth-order valence-corrected chi connectivity index (χ4v) is 6.18. The zero-order chi connectivity index (χ0) is 16.7. The molecule has 134 valence electrons. The molecule has 5 nitrogen and oxygen atoms in total. The lowest BCUT2D eigenvalue weighted by Gasteiger charge is -2.57. The lowest BCUT2D eigenvalue weighted by atomic mass is 9.53. The van der Waals surface area contributed by atoms with Gasteiger partial charge in [0.05, 0.1) is 12.5 Å². The van der Waals surface area contributed by atoms with Gasteiger partial charge in [0, 0.05) is 18.6 Å². The van der Waals surface area contributed by atoms with E-state index in [2.05, 4.69) is 5.32 Å². The first-order chi connectivity index (χ1) is 11.6. The maximum Gasteiger partial charge on any atom is 0.317 e. The molecule has 4 saturated carbocycles. The van der Waals surface area contributed by atoms with Crippen LogP contribution in [0.25, 0.3) is 0 Å². The average molecular weight is 334 g/mol. The first-order valence-corrected chi connectivity index (χ1v) is 9.80. The number of amides is 2. The van der Waals surface area contributed by atoms with Gasteiger partial charge >= 0.3 is 12.0 Å². The number of esters is 1. The minimum Gasteiger partial charge on any atom is -0.466 e. The Morgan fingerprint density at radius 3 is 2.33 bits per heavy atom. The molecule has 5 heteroatoms. The SMILES string of the molecule is CCOC(=O)C1CCCN(C(=O)NC23CC4CC(CC(C4)C2)C3)C1. The largest absolute Gasteiger partial charge is 0.466 e. The summed E-state index contributed by atoms with van der Waals surface area (Å²) < 4.78 is 5.15. The molecule has 1 atom stereocenters. The number of nitrogens with one attached hydrogen (secondary N) is 1. The zero-order valence-electron chi connectivity index (χ0n) is 14.8. The fraction of sp³-hybridized carbons (Fsp3) is 0.895. The molecule has 5 rings (SSSR count). The smallest absolute Gasteiger partial charge is 0.317 e. The molecule has 0 aromatic heterocycles. The molecule has 1 N–H and O–H groups in total. The number of nitrogens with zero attached hydrogens (tertiary/aromatic N) is 1. The first-order valence-electron chi connectivity index (χ1n) is 9.80. The van der Waals surface area contributed by atoms with Gasteiger partial charge < -0.3 is 15.0 Å². The predicted octanol–water partition coefficient (Wildman–Crippen LogP) is 2.94. The number of hydrogen-bond donors (Lipinski definition) is 1. The summed E-state index contributed by atoms with van der Waals surface area (Å²) in [6, 6.07) is 0.0472. The highest BCUT2D eigenvalue weighted by Crippen LogP contribution is 2.55. The highest BCUT2D eigenvalue weighted by atomic mass is 16.5. The second-order valence-corrected chi connectivity index (χ2v) is 8.67. The molecule has 5 fully saturated rings. The molecule has 0 radical (unpaired) electrons. The van der Waals surface area contributed by atoms with E-state index >= 15 is 0 Å². The normalized spacial score (nSPS) is 40.5. The van der Waals surface area contributed by atoms with Crippen LogP contribution in [-0.4, -0.2) is 42.1 Å². The van der Waals surface area contributed by atoms with E-state index in [9.17, 15) is 9.59 Å². The number of piperidine rings is 1. The van der Waals surface area contributed by atoms with E-state index in [0.29, 0.717) is 13.2 Å². The van der Waals surface area contributed by atoms with Gasteiger partial charge in [-0.1, -0.05) is 0 Å². The number of likely N-dealkylation sites (tertiary alicyclic amines) is 1. The van der Waals surface area contributed by atoms with E-state index in [0.717, 1.165) is 37.1 Å². The average Bonchev–Trinajstić information content (AvgIpc) is 2.53. The van der Waals surface area contributed by atoms with Gasteiger partial charge in [-0.05, 0) is 76.0 Å². The van der Waals surface area contributed by atoms with E-state index in [4.69, 9.17) is 4.74 Å². The Bertz CT molecular complexity index is 483.